The summed E-state index contributed by atoms with van der Waals surface area (Å²) in [6, 6.07) is 13.2. The molecule has 2 aromatic carbocycles. The Morgan fingerprint density at radius 3 is 2.51 bits per heavy atom. The van der Waals surface area contributed by atoms with Gasteiger partial charge in [-0.25, -0.2) is 9.59 Å². The molecule has 1 unspecified atom stereocenters. The molecule has 2 aliphatic heterocycles. The van der Waals surface area contributed by atoms with Crippen LogP contribution in [-0.4, -0.2) is 79.0 Å². The summed E-state index contributed by atoms with van der Waals surface area (Å²) in [5.41, 5.74) is 2.03. The quantitative estimate of drug-likeness (QED) is 0.546. The van der Waals surface area contributed by atoms with E-state index in [4.69, 9.17) is 27.9 Å². The first-order valence-corrected chi connectivity index (χ1v) is 13.0. The third kappa shape index (κ3) is 5.92. The molecule has 0 saturated carbocycles. The minimum Gasteiger partial charge on any atom is -0.463 e. The van der Waals surface area contributed by atoms with Crippen molar-refractivity contribution in [3.63, 3.8) is 0 Å². The van der Waals surface area contributed by atoms with E-state index in [1.54, 1.807) is 32.2 Å². The molecule has 1 fully saturated rings. The molecule has 2 aromatic rings. The van der Waals surface area contributed by atoms with Crippen molar-refractivity contribution >= 4 is 41.1 Å². The molecule has 2 heterocycles. The average molecular weight is 545 g/mol. The summed E-state index contributed by atoms with van der Waals surface area (Å²) in [6.07, 6.45) is 0.764. The van der Waals surface area contributed by atoms with Crippen molar-refractivity contribution in [2.24, 2.45) is 0 Å². The second kappa shape index (κ2) is 12.0. The molecular weight excluding hydrogens is 515 g/mol. The molecular formula is C27H30Cl2N4O4. The summed E-state index contributed by atoms with van der Waals surface area (Å²) in [4.78, 5) is 44.7. The Morgan fingerprint density at radius 1 is 1.03 bits per heavy atom. The minimum atomic E-state index is -0.813. The molecule has 2 aliphatic rings. The number of nitrogens with one attached hydrogen (secondary N) is 1. The molecule has 1 atom stereocenters. The zero-order chi connectivity index (χ0) is 26.5. The lowest BCUT2D eigenvalue weighted by molar-refractivity contribution is -0.139. The van der Waals surface area contributed by atoms with Crippen LogP contribution in [0.2, 0.25) is 10.0 Å². The third-order valence-electron chi connectivity index (χ3n) is 6.63. The van der Waals surface area contributed by atoms with Crippen LogP contribution in [-0.2, 0) is 9.53 Å². The Kier molecular flexibility index (Phi) is 8.74. The van der Waals surface area contributed by atoms with E-state index in [0.717, 1.165) is 6.42 Å². The highest BCUT2D eigenvalue weighted by Gasteiger charge is 2.38. The number of carbonyl (C=O) groups excluding carboxylic acids is 3. The second-order valence-electron chi connectivity index (χ2n) is 8.95. The Bertz CT molecular complexity index is 1200. The predicted molar refractivity (Wildman–Crippen MR) is 143 cm³/mol. The van der Waals surface area contributed by atoms with Gasteiger partial charge in [0.25, 0.3) is 5.91 Å². The van der Waals surface area contributed by atoms with Crippen LogP contribution in [0.4, 0.5) is 4.79 Å². The Labute approximate surface area is 226 Å². The van der Waals surface area contributed by atoms with Gasteiger partial charge in [0.05, 0.1) is 28.3 Å². The van der Waals surface area contributed by atoms with Crippen LogP contribution < -0.4 is 5.32 Å². The number of likely N-dealkylation sites (N-methyl/N-ethyl adjacent to an activating group) is 1. The number of carbonyl (C=O) groups is 3. The van der Waals surface area contributed by atoms with E-state index in [1.165, 1.54) is 4.90 Å². The van der Waals surface area contributed by atoms with E-state index in [9.17, 15) is 14.4 Å². The second-order valence-corrected chi connectivity index (χ2v) is 9.74. The van der Waals surface area contributed by atoms with Crippen LogP contribution in [0.1, 0.15) is 35.3 Å². The fourth-order valence-corrected chi connectivity index (χ4v) is 5.10. The Hall–Kier alpha value is -3.07. The summed E-state index contributed by atoms with van der Waals surface area (Å²) in [5.74, 6) is -0.528. The van der Waals surface area contributed by atoms with E-state index >= 15 is 0 Å². The van der Waals surface area contributed by atoms with Gasteiger partial charge in [0.1, 0.15) is 0 Å². The zero-order valence-electron chi connectivity index (χ0n) is 20.9. The number of hydrogen-bond acceptors (Lipinski definition) is 5. The zero-order valence-corrected chi connectivity index (χ0v) is 22.4. The standard InChI is InChI=1S/C27H30Cl2N4O4/c1-3-37-26(35)22-21(31(2)27(36)30-24(22)19-11-7-12-20(28)23(19)29)17-32-13-8-14-33(16-15-32)25(34)18-9-5-4-6-10-18/h4-7,9-12,24H,3,8,13-17H2,1-2H3,(H,30,36). The lowest BCUT2D eigenvalue weighted by Crippen LogP contribution is -2.49. The van der Waals surface area contributed by atoms with Crippen molar-refractivity contribution in [1.29, 1.82) is 0 Å². The molecule has 0 radical (unpaired) electrons. The molecule has 0 aromatic heterocycles. The van der Waals surface area contributed by atoms with E-state index in [0.29, 0.717) is 60.1 Å². The van der Waals surface area contributed by atoms with Gasteiger partial charge in [-0.1, -0.05) is 53.5 Å². The third-order valence-corrected chi connectivity index (χ3v) is 7.47. The first-order valence-electron chi connectivity index (χ1n) is 12.3. The van der Waals surface area contributed by atoms with Crippen molar-refractivity contribution < 1.29 is 19.1 Å². The van der Waals surface area contributed by atoms with Gasteiger partial charge < -0.3 is 15.0 Å². The summed E-state index contributed by atoms with van der Waals surface area (Å²) in [6.45, 7) is 4.72. The average Bonchev–Trinajstić information content (AvgIpc) is 3.14. The first-order chi connectivity index (χ1) is 17.8. The predicted octanol–water partition coefficient (Wildman–Crippen LogP) is 4.35. The van der Waals surface area contributed by atoms with Gasteiger partial charge in [-0.05, 0) is 37.1 Å². The van der Waals surface area contributed by atoms with Gasteiger partial charge in [0, 0.05) is 51.0 Å². The number of amides is 3. The van der Waals surface area contributed by atoms with Gasteiger partial charge in [-0.3, -0.25) is 14.6 Å². The van der Waals surface area contributed by atoms with Gasteiger partial charge in [0.2, 0.25) is 0 Å². The highest BCUT2D eigenvalue weighted by atomic mass is 35.5. The lowest BCUT2D eigenvalue weighted by atomic mass is 9.94. The van der Waals surface area contributed by atoms with Crippen LogP contribution >= 0.6 is 23.2 Å². The van der Waals surface area contributed by atoms with E-state index < -0.39 is 12.0 Å². The molecule has 8 nitrogen and oxygen atoms in total. The molecule has 1 saturated heterocycles. The summed E-state index contributed by atoms with van der Waals surface area (Å²) >= 11 is 12.7. The highest BCUT2D eigenvalue weighted by Crippen LogP contribution is 2.37. The van der Waals surface area contributed by atoms with Crippen LogP contribution in [0, 0.1) is 0 Å². The number of benzene rings is 2. The fourth-order valence-electron chi connectivity index (χ4n) is 4.68. The maximum atomic E-state index is 13.2. The lowest BCUT2D eigenvalue weighted by Gasteiger charge is -2.37. The Morgan fingerprint density at radius 2 is 1.78 bits per heavy atom. The molecule has 10 heteroatoms. The molecule has 4 rings (SSSR count). The molecule has 196 valence electrons. The van der Waals surface area contributed by atoms with Gasteiger partial charge in [-0.2, -0.15) is 0 Å². The number of esters is 1. The highest BCUT2D eigenvalue weighted by molar-refractivity contribution is 6.42. The number of urea groups is 1. The monoisotopic (exact) mass is 544 g/mol. The van der Waals surface area contributed by atoms with Gasteiger partial charge in [0.15, 0.2) is 0 Å². The molecule has 37 heavy (non-hydrogen) atoms. The normalized spacial score (nSPS) is 18.9. The first kappa shape index (κ1) is 27.0. The number of rotatable bonds is 6. The topological polar surface area (TPSA) is 82.2 Å². The van der Waals surface area contributed by atoms with Crippen LogP contribution in [0.15, 0.2) is 59.8 Å². The largest absolute Gasteiger partial charge is 0.463 e. The van der Waals surface area contributed by atoms with E-state index in [1.807, 2.05) is 35.2 Å². The maximum Gasteiger partial charge on any atom is 0.338 e. The minimum absolute atomic E-state index is 0.00120. The number of halogens is 2. The van der Waals surface area contributed by atoms with Crippen LogP contribution in [0.25, 0.3) is 0 Å². The van der Waals surface area contributed by atoms with Crippen molar-refractivity contribution in [2.75, 3.05) is 46.4 Å². The van der Waals surface area contributed by atoms with Crippen LogP contribution in [0.5, 0.6) is 0 Å². The van der Waals surface area contributed by atoms with Gasteiger partial charge in [-0.15, -0.1) is 0 Å². The Balaban J connectivity index is 1.63. The van der Waals surface area contributed by atoms with Crippen LogP contribution in [0.3, 0.4) is 0 Å². The van der Waals surface area contributed by atoms with E-state index in [-0.39, 0.29) is 23.6 Å². The number of hydrogen-bond donors (Lipinski definition) is 1. The van der Waals surface area contributed by atoms with Crippen molar-refractivity contribution in [2.45, 2.75) is 19.4 Å². The van der Waals surface area contributed by atoms with Crippen molar-refractivity contribution in [3.05, 3.63) is 81.0 Å². The number of nitrogens with zero attached hydrogens (tertiary/aromatic N) is 3. The molecule has 0 aliphatic carbocycles. The van der Waals surface area contributed by atoms with Crippen molar-refractivity contribution in [1.82, 2.24) is 20.0 Å². The van der Waals surface area contributed by atoms with Gasteiger partial charge >= 0.3 is 12.0 Å². The molecule has 3 amide bonds. The SMILES string of the molecule is CCOC(=O)C1=C(CN2CCCN(C(=O)c3ccccc3)CC2)N(C)C(=O)NC1c1cccc(Cl)c1Cl. The summed E-state index contributed by atoms with van der Waals surface area (Å²) < 4.78 is 5.41. The fraction of sp³-hybridized carbons (Fsp3) is 0.370. The maximum absolute atomic E-state index is 13.2. The molecule has 0 bridgehead atoms. The van der Waals surface area contributed by atoms with E-state index in [2.05, 4.69) is 10.2 Å². The molecule has 1 N–H and O–H groups in total. The summed E-state index contributed by atoms with van der Waals surface area (Å²) in [5, 5.41) is 3.47. The molecule has 0 spiro atoms. The summed E-state index contributed by atoms with van der Waals surface area (Å²) in [7, 11) is 1.63. The number of ether oxygens (including phenoxy) is 1. The van der Waals surface area contributed by atoms with Crippen molar-refractivity contribution in [3.8, 4) is 0 Å². The smallest absolute Gasteiger partial charge is 0.338 e.